The van der Waals surface area contributed by atoms with Crippen molar-refractivity contribution in [3.63, 3.8) is 0 Å². The fourth-order valence-electron chi connectivity index (χ4n) is 3.25. The first-order valence-electron chi connectivity index (χ1n) is 7.93. The number of carbonyl (C=O) groups is 1. The lowest BCUT2D eigenvalue weighted by atomic mass is 9.82. The maximum atomic E-state index is 11.4. The fraction of sp³-hybridized carbons (Fsp3) is 0.471. The standard InChI is InChI=1S/C17H19NO6/c1-11(19)24-15-5-3-2-4-13(15)14(9-18(20)21)12-6-7-16-17(8-12)23-10-22-16/h4,6-8,14-15H,2-3,5,9-10H2,1H3/t14-,15+/m0/s1. The summed E-state index contributed by atoms with van der Waals surface area (Å²) in [4.78, 5) is 22.2. The molecule has 1 aromatic carbocycles. The summed E-state index contributed by atoms with van der Waals surface area (Å²) in [5, 5.41) is 11.2. The van der Waals surface area contributed by atoms with Crippen LogP contribution < -0.4 is 9.47 Å². The second-order valence-electron chi connectivity index (χ2n) is 5.91. The maximum absolute atomic E-state index is 11.4. The number of carbonyl (C=O) groups excluding carboxylic acids is 1. The van der Waals surface area contributed by atoms with Gasteiger partial charge >= 0.3 is 5.97 Å². The lowest BCUT2D eigenvalue weighted by Crippen LogP contribution is -2.28. The Morgan fingerprint density at radius 1 is 1.42 bits per heavy atom. The highest BCUT2D eigenvalue weighted by atomic mass is 16.7. The minimum atomic E-state index is -0.459. The van der Waals surface area contributed by atoms with Gasteiger partial charge in [0.1, 0.15) is 6.10 Å². The van der Waals surface area contributed by atoms with E-state index in [1.165, 1.54) is 6.92 Å². The molecule has 24 heavy (non-hydrogen) atoms. The molecule has 0 aromatic heterocycles. The molecule has 0 saturated heterocycles. The lowest BCUT2D eigenvalue weighted by molar-refractivity contribution is -0.482. The summed E-state index contributed by atoms with van der Waals surface area (Å²) in [5.74, 6) is 0.381. The quantitative estimate of drug-likeness (QED) is 0.356. The molecule has 0 N–H and O–H groups in total. The monoisotopic (exact) mass is 333 g/mol. The van der Waals surface area contributed by atoms with Crippen molar-refractivity contribution in [3.05, 3.63) is 45.5 Å². The zero-order valence-electron chi connectivity index (χ0n) is 13.4. The number of ether oxygens (including phenoxy) is 3. The zero-order valence-corrected chi connectivity index (χ0v) is 13.4. The Balaban J connectivity index is 1.94. The second kappa shape index (κ2) is 6.90. The van der Waals surface area contributed by atoms with E-state index in [0.717, 1.165) is 24.0 Å². The first kappa shape index (κ1) is 16.3. The Morgan fingerprint density at radius 3 is 2.96 bits per heavy atom. The molecule has 1 aromatic rings. The number of hydrogen-bond acceptors (Lipinski definition) is 6. The number of esters is 1. The first-order valence-corrected chi connectivity index (χ1v) is 7.93. The van der Waals surface area contributed by atoms with Crippen molar-refractivity contribution >= 4 is 5.97 Å². The van der Waals surface area contributed by atoms with E-state index in [1.54, 1.807) is 12.1 Å². The van der Waals surface area contributed by atoms with Gasteiger partial charge in [0.15, 0.2) is 11.5 Å². The predicted octanol–water partition coefficient (Wildman–Crippen LogP) is 2.82. The summed E-state index contributed by atoms with van der Waals surface area (Å²) < 4.78 is 16.1. The number of benzene rings is 1. The molecule has 128 valence electrons. The summed E-state index contributed by atoms with van der Waals surface area (Å²) in [7, 11) is 0. The molecule has 0 bridgehead atoms. The first-order chi connectivity index (χ1) is 11.5. The molecule has 0 spiro atoms. The summed E-state index contributed by atoms with van der Waals surface area (Å²) >= 11 is 0. The molecule has 0 amide bonds. The summed E-state index contributed by atoms with van der Waals surface area (Å²) in [6.45, 7) is 1.25. The summed E-state index contributed by atoms with van der Waals surface area (Å²) in [6, 6.07) is 5.34. The van der Waals surface area contributed by atoms with Crippen molar-refractivity contribution in [1.29, 1.82) is 0 Å². The van der Waals surface area contributed by atoms with Crippen LogP contribution in [0.25, 0.3) is 0 Å². The van der Waals surface area contributed by atoms with Gasteiger partial charge < -0.3 is 14.2 Å². The van der Waals surface area contributed by atoms with Gasteiger partial charge in [-0.3, -0.25) is 14.9 Å². The highest BCUT2D eigenvalue weighted by Gasteiger charge is 2.32. The number of fused-ring (bicyclic) bond motifs is 1. The minimum Gasteiger partial charge on any atom is -0.458 e. The molecule has 0 saturated carbocycles. The third kappa shape index (κ3) is 3.50. The third-order valence-corrected chi connectivity index (χ3v) is 4.26. The molecule has 2 aliphatic rings. The van der Waals surface area contributed by atoms with Crippen LogP contribution >= 0.6 is 0 Å². The van der Waals surface area contributed by atoms with Crippen molar-refractivity contribution in [1.82, 2.24) is 0 Å². The van der Waals surface area contributed by atoms with Gasteiger partial charge in [-0.05, 0) is 42.5 Å². The predicted molar refractivity (Wildman–Crippen MR) is 84.7 cm³/mol. The van der Waals surface area contributed by atoms with Crippen LogP contribution in [0.5, 0.6) is 11.5 Å². The number of allylic oxidation sites excluding steroid dienone is 1. The Kier molecular flexibility index (Phi) is 4.69. The molecule has 0 fully saturated rings. The fourth-order valence-corrected chi connectivity index (χ4v) is 3.25. The van der Waals surface area contributed by atoms with E-state index in [0.29, 0.717) is 17.9 Å². The maximum Gasteiger partial charge on any atom is 0.303 e. The molecular formula is C17H19NO6. The molecule has 1 aliphatic heterocycles. The number of rotatable bonds is 5. The summed E-state index contributed by atoms with van der Waals surface area (Å²) in [6.07, 6.45) is 3.96. The van der Waals surface area contributed by atoms with Crippen LogP contribution in [0, 0.1) is 10.1 Å². The van der Waals surface area contributed by atoms with E-state index in [1.807, 2.05) is 12.1 Å². The van der Waals surface area contributed by atoms with Crippen LogP contribution in [0.15, 0.2) is 29.8 Å². The largest absolute Gasteiger partial charge is 0.458 e. The number of nitro groups is 1. The minimum absolute atomic E-state index is 0.150. The molecule has 0 radical (unpaired) electrons. The van der Waals surface area contributed by atoms with E-state index >= 15 is 0 Å². The van der Waals surface area contributed by atoms with Gasteiger partial charge in [-0.1, -0.05) is 12.1 Å². The molecule has 2 atom stereocenters. The van der Waals surface area contributed by atoms with Crippen LogP contribution in [-0.2, 0) is 9.53 Å². The number of hydrogen-bond donors (Lipinski definition) is 0. The summed E-state index contributed by atoms with van der Waals surface area (Å²) in [5.41, 5.74) is 1.56. The van der Waals surface area contributed by atoms with Gasteiger partial charge in [0.05, 0.1) is 5.92 Å². The average molecular weight is 333 g/mol. The Hall–Kier alpha value is -2.57. The number of nitrogens with zero attached hydrogens (tertiary/aromatic N) is 1. The Labute approximate surface area is 139 Å². The van der Waals surface area contributed by atoms with E-state index in [9.17, 15) is 14.9 Å². The molecule has 7 nitrogen and oxygen atoms in total. The average Bonchev–Trinajstić information content (AvgIpc) is 3.00. The van der Waals surface area contributed by atoms with E-state index in [4.69, 9.17) is 14.2 Å². The van der Waals surface area contributed by atoms with Gasteiger partial charge in [0, 0.05) is 11.8 Å². The van der Waals surface area contributed by atoms with Crippen LogP contribution in [0.2, 0.25) is 0 Å². The van der Waals surface area contributed by atoms with Gasteiger partial charge in [-0.25, -0.2) is 0 Å². The van der Waals surface area contributed by atoms with Gasteiger partial charge in [-0.2, -0.15) is 0 Å². The molecule has 1 heterocycles. The van der Waals surface area contributed by atoms with E-state index < -0.39 is 12.0 Å². The van der Waals surface area contributed by atoms with Crippen LogP contribution in [0.3, 0.4) is 0 Å². The van der Waals surface area contributed by atoms with Crippen LogP contribution in [0.1, 0.15) is 37.7 Å². The third-order valence-electron chi connectivity index (χ3n) is 4.26. The molecule has 1 aliphatic carbocycles. The SMILES string of the molecule is CC(=O)O[C@@H]1CCCC=C1[C@@H](C[N+](=O)[O-])c1ccc2c(c1)OCO2. The Bertz CT molecular complexity index is 684. The molecule has 7 heteroatoms. The molecule has 3 rings (SSSR count). The lowest BCUT2D eigenvalue weighted by Gasteiger charge is -2.28. The van der Waals surface area contributed by atoms with Crippen molar-refractivity contribution in [3.8, 4) is 11.5 Å². The van der Waals surface area contributed by atoms with Gasteiger partial charge in [-0.15, -0.1) is 0 Å². The second-order valence-corrected chi connectivity index (χ2v) is 5.91. The Morgan fingerprint density at radius 2 is 2.21 bits per heavy atom. The highest BCUT2D eigenvalue weighted by Crippen LogP contribution is 2.39. The van der Waals surface area contributed by atoms with Crippen molar-refractivity contribution in [2.75, 3.05) is 13.3 Å². The van der Waals surface area contributed by atoms with Crippen molar-refractivity contribution in [2.24, 2.45) is 0 Å². The topological polar surface area (TPSA) is 87.9 Å². The smallest absolute Gasteiger partial charge is 0.303 e. The van der Waals surface area contributed by atoms with Crippen LogP contribution in [-0.4, -0.2) is 30.3 Å². The van der Waals surface area contributed by atoms with Gasteiger partial charge in [0.25, 0.3) is 0 Å². The van der Waals surface area contributed by atoms with Gasteiger partial charge in [0.2, 0.25) is 13.3 Å². The highest BCUT2D eigenvalue weighted by molar-refractivity contribution is 5.66. The van der Waals surface area contributed by atoms with Crippen LogP contribution in [0.4, 0.5) is 0 Å². The molecular weight excluding hydrogens is 314 g/mol. The molecule has 0 unspecified atom stereocenters. The normalized spacial score (nSPS) is 20.2. The van der Waals surface area contributed by atoms with Crippen molar-refractivity contribution in [2.45, 2.75) is 38.2 Å². The van der Waals surface area contributed by atoms with Crippen molar-refractivity contribution < 1.29 is 23.9 Å². The zero-order chi connectivity index (χ0) is 17.1. The van der Waals surface area contributed by atoms with E-state index in [-0.39, 0.29) is 24.2 Å². The van der Waals surface area contributed by atoms with E-state index in [2.05, 4.69) is 0 Å².